The first kappa shape index (κ1) is 12.1. The van der Waals surface area contributed by atoms with Gasteiger partial charge in [-0.2, -0.15) is 0 Å². The third kappa shape index (κ3) is 3.07. The maximum atomic E-state index is 11.6. The summed E-state index contributed by atoms with van der Waals surface area (Å²) in [5.41, 5.74) is 6.58. The summed E-state index contributed by atoms with van der Waals surface area (Å²) >= 11 is 0. The molecule has 1 aromatic rings. The Labute approximate surface area is 102 Å². The lowest BCUT2D eigenvalue weighted by molar-refractivity contribution is -0.123. The van der Waals surface area contributed by atoms with E-state index in [2.05, 4.69) is 24.4 Å². The molecular weight excluding hydrogens is 212 g/mol. The van der Waals surface area contributed by atoms with Gasteiger partial charge in [-0.15, -0.1) is 0 Å². The first-order valence-electron chi connectivity index (χ1n) is 6.24. The highest BCUT2D eigenvalue weighted by Crippen LogP contribution is 2.32. The molecule has 2 rings (SSSR count). The van der Waals surface area contributed by atoms with Crippen LogP contribution in [0.2, 0.25) is 0 Å². The fraction of sp³-hybridized carbons (Fsp3) is 0.500. The molecule has 3 nitrogen and oxygen atoms in total. The third-order valence-electron chi connectivity index (χ3n) is 3.47. The minimum atomic E-state index is -0.546. The lowest BCUT2D eigenvalue weighted by Crippen LogP contribution is -2.43. The van der Waals surface area contributed by atoms with Crippen LogP contribution in [0.4, 0.5) is 0 Å². The summed E-state index contributed by atoms with van der Waals surface area (Å²) in [6.45, 7) is 2.88. The number of carbonyl (C=O) groups is 1. The molecule has 1 fully saturated rings. The number of benzene rings is 1. The van der Waals surface area contributed by atoms with Crippen LogP contribution in [0.3, 0.4) is 0 Å². The van der Waals surface area contributed by atoms with Gasteiger partial charge in [-0.05, 0) is 30.7 Å². The van der Waals surface area contributed by atoms with Crippen LogP contribution in [-0.2, 0) is 4.79 Å². The van der Waals surface area contributed by atoms with Crippen molar-refractivity contribution in [2.45, 2.75) is 37.6 Å². The molecule has 3 N–H and O–H groups in total. The van der Waals surface area contributed by atoms with E-state index in [4.69, 9.17) is 5.73 Å². The zero-order chi connectivity index (χ0) is 12.3. The molecule has 0 radical (unpaired) electrons. The number of nitrogens with one attached hydrogen (secondary N) is 1. The first-order valence-corrected chi connectivity index (χ1v) is 6.24. The van der Waals surface area contributed by atoms with E-state index in [0.717, 1.165) is 19.3 Å². The van der Waals surface area contributed by atoms with Crippen molar-refractivity contribution in [2.75, 3.05) is 6.54 Å². The van der Waals surface area contributed by atoms with Crippen molar-refractivity contribution in [3.05, 3.63) is 35.9 Å². The summed E-state index contributed by atoms with van der Waals surface area (Å²) in [6.07, 6.45) is 2.60. The van der Waals surface area contributed by atoms with Gasteiger partial charge in [-0.25, -0.2) is 0 Å². The quantitative estimate of drug-likeness (QED) is 0.813. The normalized spacial score (nSPS) is 18.5. The van der Waals surface area contributed by atoms with Gasteiger partial charge < -0.3 is 11.1 Å². The van der Waals surface area contributed by atoms with Crippen LogP contribution in [0, 0.1) is 0 Å². The van der Waals surface area contributed by atoms with E-state index in [-0.39, 0.29) is 5.91 Å². The van der Waals surface area contributed by atoms with Gasteiger partial charge in [-0.1, -0.05) is 37.3 Å². The van der Waals surface area contributed by atoms with Crippen LogP contribution in [-0.4, -0.2) is 18.0 Å². The Kier molecular flexibility index (Phi) is 3.48. The molecule has 17 heavy (non-hydrogen) atoms. The van der Waals surface area contributed by atoms with E-state index in [1.54, 1.807) is 0 Å². The second kappa shape index (κ2) is 4.88. The molecule has 1 aromatic carbocycles. The maximum Gasteiger partial charge on any atom is 0.240 e. The molecule has 1 aliphatic carbocycles. The lowest BCUT2D eigenvalue weighted by Gasteiger charge is -2.14. The Hall–Kier alpha value is -1.35. The van der Waals surface area contributed by atoms with Crippen LogP contribution in [0.25, 0.3) is 0 Å². The van der Waals surface area contributed by atoms with Crippen molar-refractivity contribution in [1.82, 2.24) is 5.32 Å². The number of nitrogens with two attached hydrogens (primary N) is 1. The monoisotopic (exact) mass is 232 g/mol. The first-order chi connectivity index (χ1) is 8.12. The summed E-state index contributed by atoms with van der Waals surface area (Å²) in [7, 11) is 0. The highest BCUT2D eigenvalue weighted by atomic mass is 16.2. The topological polar surface area (TPSA) is 55.1 Å². The zero-order valence-electron chi connectivity index (χ0n) is 10.3. The number of hydrogen-bond acceptors (Lipinski definition) is 2. The van der Waals surface area contributed by atoms with E-state index >= 15 is 0 Å². The predicted octanol–water partition coefficient (Wildman–Crippen LogP) is 1.79. The average molecular weight is 232 g/mol. The molecule has 92 valence electrons. The Morgan fingerprint density at radius 3 is 2.65 bits per heavy atom. The number of rotatable bonds is 5. The highest BCUT2D eigenvalue weighted by molar-refractivity contribution is 5.88. The molecule has 0 saturated heterocycles. The molecule has 1 atom stereocenters. The Balaban J connectivity index is 1.73. The molecule has 0 heterocycles. The second-order valence-electron chi connectivity index (χ2n) is 5.01. The van der Waals surface area contributed by atoms with Gasteiger partial charge in [0.05, 0.1) is 5.54 Å². The van der Waals surface area contributed by atoms with Crippen molar-refractivity contribution >= 4 is 5.91 Å². The Morgan fingerprint density at radius 2 is 2.06 bits per heavy atom. The van der Waals surface area contributed by atoms with E-state index in [1.165, 1.54) is 5.56 Å². The second-order valence-corrected chi connectivity index (χ2v) is 5.01. The fourth-order valence-corrected chi connectivity index (χ4v) is 1.89. The predicted molar refractivity (Wildman–Crippen MR) is 68.6 cm³/mol. The molecule has 1 saturated carbocycles. The van der Waals surface area contributed by atoms with Crippen LogP contribution in [0.15, 0.2) is 30.3 Å². The summed E-state index contributed by atoms with van der Waals surface area (Å²) in [6, 6.07) is 10.4. The van der Waals surface area contributed by atoms with Gasteiger partial charge >= 0.3 is 0 Å². The average Bonchev–Trinajstić information content (AvgIpc) is 3.09. The van der Waals surface area contributed by atoms with Crippen LogP contribution in [0.1, 0.15) is 37.7 Å². The molecule has 1 amide bonds. The van der Waals surface area contributed by atoms with Crippen molar-refractivity contribution < 1.29 is 4.79 Å². The van der Waals surface area contributed by atoms with Crippen molar-refractivity contribution in [1.29, 1.82) is 0 Å². The van der Waals surface area contributed by atoms with Crippen molar-refractivity contribution in [3.8, 4) is 0 Å². The molecule has 0 bridgehead atoms. The van der Waals surface area contributed by atoms with E-state index in [1.807, 2.05) is 18.2 Å². The van der Waals surface area contributed by atoms with Gasteiger partial charge in [0.25, 0.3) is 0 Å². The molecule has 0 spiro atoms. The van der Waals surface area contributed by atoms with Crippen LogP contribution in [0.5, 0.6) is 0 Å². The Bertz CT molecular complexity index is 384. The largest absolute Gasteiger partial charge is 0.354 e. The summed E-state index contributed by atoms with van der Waals surface area (Å²) in [4.78, 5) is 11.6. The maximum absolute atomic E-state index is 11.6. The zero-order valence-corrected chi connectivity index (χ0v) is 10.3. The van der Waals surface area contributed by atoms with Crippen LogP contribution >= 0.6 is 0 Å². The number of carbonyl (C=O) groups excluding carboxylic acids is 1. The number of hydrogen-bond donors (Lipinski definition) is 2. The standard InChI is InChI=1S/C14H20N2O/c1-11(12-5-3-2-4-6-12)7-10-16-13(17)14(15)8-9-14/h2-6,11H,7-10,15H2,1H3,(H,16,17). The molecule has 3 heteroatoms. The smallest absolute Gasteiger partial charge is 0.240 e. The minimum Gasteiger partial charge on any atom is -0.354 e. The summed E-state index contributed by atoms with van der Waals surface area (Å²) in [5, 5.41) is 2.92. The fourth-order valence-electron chi connectivity index (χ4n) is 1.89. The summed E-state index contributed by atoms with van der Waals surface area (Å²) < 4.78 is 0. The van der Waals surface area contributed by atoms with Gasteiger partial charge in [-0.3, -0.25) is 4.79 Å². The SMILES string of the molecule is CC(CCNC(=O)C1(N)CC1)c1ccccc1. The molecular formula is C14H20N2O. The van der Waals surface area contributed by atoms with Crippen molar-refractivity contribution in [2.24, 2.45) is 5.73 Å². The lowest BCUT2D eigenvalue weighted by atomic mass is 9.98. The highest BCUT2D eigenvalue weighted by Gasteiger charge is 2.45. The number of amides is 1. The van der Waals surface area contributed by atoms with E-state index in [9.17, 15) is 4.79 Å². The van der Waals surface area contributed by atoms with Gasteiger partial charge in [0.2, 0.25) is 5.91 Å². The molecule has 0 aromatic heterocycles. The van der Waals surface area contributed by atoms with Crippen LogP contribution < -0.4 is 11.1 Å². The third-order valence-corrected chi connectivity index (χ3v) is 3.47. The summed E-state index contributed by atoms with van der Waals surface area (Å²) in [5.74, 6) is 0.474. The molecule has 1 aliphatic rings. The molecule has 0 aliphatic heterocycles. The minimum absolute atomic E-state index is 0.0118. The Morgan fingerprint density at radius 1 is 1.41 bits per heavy atom. The van der Waals surface area contributed by atoms with Gasteiger partial charge in [0.1, 0.15) is 0 Å². The van der Waals surface area contributed by atoms with Crippen molar-refractivity contribution in [3.63, 3.8) is 0 Å². The molecule has 1 unspecified atom stereocenters. The van der Waals surface area contributed by atoms with E-state index < -0.39 is 5.54 Å². The van der Waals surface area contributed by atoms with Gasteiger partial charge in [0.15, 0.2) is 0 Å². The van der Waals surface area contributed by atoms with Gasteiger partial charge in [0, 0.05) is 6.54 Å². The van der Waals surface area contributed by atoms with E-state index in [0.29, 0.717) is 12.5 Å².